The van der Waals surface area contributed by atoms with Crippen molar-refractivity contribution >= 4 is 11.6 Å². The van der Waals surface area contributed by atoms with Crippen LogP contribution in [0.3, 0.4) is 0 Å². The summed E-state index contributed by atoms with van der Waals surface area (Å²) >= 11 is 0. The lowest BCUT2D eigenvalue weighted by Crippen LogP contribution is -2.30. The number of rotatable bonds is 9. The van der Waals surface area contributed by atoms with Gasteiger partial charge in [-0.05, 0) is 61.9 Å². The van der Waals surface area contributed by atoms with E-state index in [-0.39, 0.29) is 5.91 Å². The third kappa shape index (κ3) is 6.03. The molecule has 134 valence electrons. The van der Waals surface area contributed by atoms with Crippen LogP contribution < -0.4 is 19.5 Å². The predicted octanol–water partition coefficient (Wildman–Crippen LogP) is 4.28. The molecule has 1 unspecified atom stereocenters. The lowest BCUT2D eigenvalue weighted by molar-refractivity contribution is -0.122. The van der Waals surface area contributed by atoms with Crippen molar-refractivity contribution in [1.29, 1.82) is 0 Å². The van der Waals surface area contributed by atoms with Crippen LogP contribution in [0.1, 0.15) is 26.7 Å². The van der Waals surface area contributed by atoms with E-state index in [0.717, 1.165) is 24.3 Å². The number of benzene rings is 2. The second kappa shape index (κ2) is 9.57. The molecule has 5 nitrogen and oxygen atoms in total. The smallest absolute Gasteiger partial charge is 0.265 e. The second-order valence-electron chi connectivity index (χ2n) is 5.65. The first-order valence-corrected chi connectivity index (χ1v) is 8.46. The molecule has 0 bridgehead atoms. The molecule has 25 heavy (non-hydrogen) atoms. The Morgan fingerprint density at radius 2 is 1.60 bits per heavy atom. The summed E-state index contributed by atoms with van der Waals surface area (Å²) in [4.78, 5) is 12.2. The standard InChI is InChI=1S/C20H25NO4/c1-4-5-14-24-18-8-6-16(7-9-18)21-20(22)15(2)25-19-12-10-17(23-3)11-13-19/h6-13,15H,4-5,14H2,1-3H3,(H,21,22). The molecule has 1 atom stereocenters. The molecule has 0 radical (unpaired) electrons. The van der Waals surface area contributed by atoms with Crippen molar-refractivity contribution in [3.63, 3.8) is 0 Å². The van der Waals surface area contributed by atoms with Crippen LogP contribution in [0.4, 0.5) is 5.69 Å². The highest BCUT2D eigenvalue weighted by molar-refractivity contribution is 5.94. The molecular formula is C20H25NO4. The maximum absolute atomic E-state index is 12.2. The van der Waals surface area contributed by atoms with E-state index in [9.17, 15) is 4.79 Å². The van der Waals surface area contributed by atoms with Crippen LogP contribution in [0.2, 0.25) is 0 Å². The monoisotopic (exact) mass is 343 g/mol. The largest absolute Gasteiger partial charge is 0.497 e. The lowest BCUT2D eigenvalue weighted by atomic mass is 10.2. The van der Waals surface area contributed by atoms with Gasteiger partial charge in [0.15, 0.2) is 6.10 Å². The molecule has 2 rings (SSSR count). The summed E-state index contributed by atoms with van der Waals surface area (Å²) in [5.41, 5.74) is 0.707. The summed E-state index contributed by atoms with van der Waals surface area (Å²) in [6.45, 7) is 4.54. The Kier molecular flexibility index (Phi) is 7.14. The SMILES string of the molecule is CCCCOc1ccc(NC(=O)C(C)Oc2ccc(OC)cc2)cc1. The fraction of sp³-hybridized carbons (Fsp3) is 0.350. The fourth-order valence-electron chi connectivity index (χ4n) is 2.12. The minimum absolute atomic E-state index is 0.213. The van der Waals surface area contributed by atoms with Crippen LogP contribution in [0.25, 0.3) is 0 Å². The molecule has 5 heteroatoms. The zero-order valence-electron chi connectivity index (χ0n) is 15.0. The van der Waals surface area contributed by atoms with Gasteiger partial charge in [0.2, 0.25) is 0 Å². The average molecular weight is 343 g/mol. The van der Waals surface area contributed by atoms with Crippen LogP contribution in [0, 0.1) is 0 Å². The van der Waals surface area contributed by atoms with E-state index >= 15 is 0 Å². The van der Waals surface area contributed by atoms with Crippen LogP contribution in [0.5, 0.6) is 17.2 Å². The Hall–Kier alpha value is -2.69. The number of nitrogens with one attached hydrogen (secondary N) is 1. The zero-order valence-corrected chi connectivity index (χ0v) is 15.0. The van der Waals surface area contributed by atoms with E-state index in [1.165, 1.54) is 0 Å². The first-order valence-electron chi connectivity index (χ1n) is 8.46. The van der Waals surface area contributed by atoms with Gasteiger partial charge in [0, 0.05) is 5.69 Å². The fourth-order valence-corrected chi connectivity index (χ4v) is 2.12. The number of ether oxygens (including phenoxy) is 3. The summed E-state index contributed by atoms with van der Waals surface area (Å²) in [5.74, 6) is 1.94. The summed E-state index contributed by atoms with van der Waals surface area (Å²) in [5, 5.41) is 2.83. The van der Waals surface area contributed by atoms with Gasteiger partial charge in [0.25, 0.3) is 5.91 Å². The minimum atomic E-state index is -0.617. The van der Waals surface area contributed by atoms with Crippen molar-refractivity contribution < 1.29 is 19.0 Å². The van der Waals surface area contributed by atoms with Crippen LogP contribution in [0.15, 0.2) is 48.5 Å². The van der Waals surface area contributed by atoms with E-state index in [1.54, 1.807) is 38.3 Å². The van der Waals surface area contributed by atoms with E-state index < -0.39 is 6.10 Å². The van der Waals surface area contributed by atoms with Crippen LogP contribution in [-0.2, 0) is 4.79 Å². The van der Waals surface area contributed by atoms with Gasteiger partial charge in [-0.2, -0.15) is 0 Å². The highest BCUT2D eigenvalue weighted by Gasteiger charge is 2.15. The van der Waals surface area contributed by atoms with Gasteiger partial charge in [-0.3, -0.25) is 4.79 Å². The molecular weight excluding hydrogens is 318 g/mol. The van der Waals surface area contributed by atoms with E-state index in [2.05, 4.69) is 12.2 Å². The summed E-state index contributed by atoms with van der Waals surface area (Å²) in [6, 6.07) is 14.4. The first kappa shape index (κ1) is 18.6. The highest BCUT2D eigenvalue weighted by Crippen LogP contribution is 2.19. The number of methoxy groups -OCH3 is 1. The molecule has 2 aromatic carbocycles. The minimum Gasteiger partial charge on any atom is -0.497 e. The molecule has 0 aliphatic carbocycles. The van der Waals surface area contributed by atoms with Gasteiger partial charge in [-0.1, -0.05) is 13.3 Å². The molecule has 0 spiro atoms. The number of carbonyl (C=O) groups excluding carboxylic acids is 1. The topological polar surface area (TPSA) is 56.8 Å². The molecule has 0 fully saturated rings. The maximum Gasteiger partial charge on any atom is 0.265 e. The second-order valence-corrected chi connectivity index (χ2v) is 5.65. The van der Waals surface area contributed by atoms with Gasteiger partial charge >= 0.3 is 0 Å². The Bertz CT molecular complexity index is 652. The number of hydrogen-bond donors (Lipinski definition) is 1. The predicted molar refractivity (Wildman–Crippen MR) is 98.6 cm³/mol. The maximum atomic E-state index is 12.2. The summed E-state index contributed by atoms with van der Waals surface area (Å²) in [6.07, 6.45) is 1.51. The number of hydrogen-bond acceptors (Lipinski definition) is 4. The van der Waals surface area contributed by atoms with Crippen LogP contribution >= 0.6 is 0 Å². The Balaban J connectivity index is 1.85. The molecule has 0 saturated carbocycles. The molecule has 1 amide bonds. The molecule has 0 aromatic heterocycles. The third-order valence-electron chi connectivity index (χ3n) is 3.63. The molecule has 2 aromatic rings. The van der Waals surface area contributed by atoms with Crippen molar-refractivity contribution in [3.05, 3.63) is 48.5 Å². The average Bonchev–Trinajstić information content (AvgIpc) is 2.64. The summed E-state index contributed by atoms with van der Waals surface area (Å²) in [7, 11) is 1.60. The Morgan fingerprint density at radius 3 is 2.20 bits per heavy atom. The first-order chi connectivity index (χ1) is 12.1. The van der Waals surface area contributed by atoms with Crippen molar-refractivity contribution in [2.45, 2.75) is 32.8 Å². The van der Waals surface area contributed by atoms with Crippen molar-refractivity contribution in [1.82, 2.24) is 0 Å². The Morgan fingerprint density at radius 1 is 1.00 bits per heavy atom. The lowest BCUT2D eigenvalue weighted by Gasteiger charge is -2.15. The number of amides is 1. The van der Waals surface area contributed by atoms with Gasteiger partial charge in [0.05, 0.1) is 13.7 Å². The van der Waals surface area contributed by atoms with Crippen molar-refractivity contribution in [2.24, 2.45) is 0 Å². The number of carbonyl (C=O) groups is 1. The van der Waals surface area contributed by atoms with Crippen LogP contribution in [-0.4, -0.2) is 25.7 Å². The van der Waals surface area contributed by atoms with Gasteiger partial charge < -0.3 is 19.5 Å². The van der Waals surface area contributed by atoms with Crippen molar-refractivity contribution in [3.8, 4) is 17.2 Å². The highest BCUT2D eigenvalue weighted by atomic mass is 16.5. The van der Waals surface area contributed by atoms with E-state index in [0.29, 0.717) is 18.0 Å². The number of unbranched alkanes of at least 4 members (excludes halogenated alkanes) is 1. The summed E-state index contributed by atoms with van der Waals surface area (Å²) < 4.78 is 16.3. The zero-order chi connectivity index (χ0) is 18.1. The molecule has 0 aliphatic heterocycles. The molecule has 0 saturated heterocycles. The molecule has 1 N–H and O–H groups in total. The molecule has 0 aliphatic rings. The van der Waals surface area contributed by atoms with Gasteiger partial charge in [0.1, 0.15) is 17.2 Å². The normalized spacial score (nSPS) is 11.5. The number of anilines is 1. The van der Waals surface area contributed by atoms with E-state index in [1.807, 2.05) is 24.3 Å². The molecule has 0 heterocycles. The van der Waals surface area contributed by atoms with Crippen molar-refractivity contribution in [2.75, 3.05) is 19.0 Å². The third-order valence-corrected chi connectivity index (χ3v) is 3.63. The quantitative estimate of drug-likeness (QED) is 0.691. The van der Waals surface area contributed by atoms with Gasteiger partial charge in [-0.25, -0.2) is 0 Å². The Labute approximate surface area is 148 Å². The van der Waals surface area contributed by atoms with Gasteiger partial charge in [-0.15, -0.1) is 0 Å². The van der Waals surface area contributed by atoms with E-state index in [4.69, 9.17) is 14.2 Å².